The van der Waals surface area contributed by atoms with Gasteiger partial charge in [-0.25, -0.2) is 4.39 Å². The average molecular weight is 310 g/mol. The SMILES string of the molecule is CCNC(C)c1c(F)cccc1Sc1ccc(Cl)cc1. The van der Waals surface area contributed by atoms with Crippen molar-refractivity contribution < 1.29 is 4.39 Å². The van der Waals surface area contributed by atoms with Gasteiger partial charge in [-0.05, 0) is 49.9 Å². The first kappa shape index (κ1) is 15.4. The molecule has 0 bridgehead atoms. The Morgan fingerprint density at radius 2 is 1.90 bits per heavy atom. The first-order valence-corrected chi connectivity index (χ1v) is 7.76. The summed E-state index contributed by atoms with van der Waals surface area (Å²) in [6.07, 6.45) is 0. The average Bonchev–Trinajstić information content (AvgIpc) is 2.42. The third kappa shape index (κ3) is 3.75. The first-order valence-electron chi connectivity index (χ1n) is 6.57. The minimum absolute atomic E-state index is 0.0176. The third-order valence-corrected chi connectivity index (χ3v) is 4.33. The van der Waals surface area contributed by atoms with Gasteiger partial charge in [-0.2, -0.15) is 0 Å². The molecule has 1 nitrogen and oxygen atoms in total. The topological polar surface area (TPSA) is 12.0 Å². The molecule has 0 aliphatic heterocycles. The summed E-state index contributed by atoms with van der Waals surface area (Å²) < 4.78 is 14.1. The van der Waals surface area contributed by atoms with Crippen molar-refractivity contribution in [2.75, 3.05) is 6.54 Å². The normalized spacial score (nSPS) is 12.4. The zero-order valence-corrected chi connectivity index (χ0v) is 13.1. The molecule has 20 heavy (non-hydrogen) atoms. The highest BCUT2D eigenvalue weighted by atomic mass is 35.5. The van der Waals surface area contributed by atoms with Crippen LogP contribution in [0.1, 0.15) is 25.5 Å². The van der Waals surface area contributed by atoms with Crippen molar-refractivity contribution in [2.45, 2.75) is 29.7 Å². The van der Waals surface area contributed by atoms with Crippen LogP contribution >= 0.6 is 23.4 Å². The molecule has 106 valence electrons. The molecule has 1 N–H and O–H groups in total. The van der Waals surface area contributed by atoms with Gasteiger partial charge >= 0.3 is 0 Å². The van der Waals surface area contributed by atoms with Crippen LogP contribution in [0.2, 0.25) is 5.02 Å². The lowest BCUT2D eigenvalue weighted by molar-refractivity contribution is 0.531. The third-order valence-electron chi connectivity index (χ3n) is 3.00. The fourth-order valence-corrected chi connectivity index (χ4v) is 3.25. The maximum atomic E-state index is 14.1. The number of hydrogen-bond acceptors (Lipinski definition) is 2. The van der Waals surface area contributed by atoms with E-state index in [0.717, 1.165) is 16.3 Å². The Morgan fingerprint density at radius 3 is 2.55 bits per heavy atom. The molecule has 0 fully saturated rings. The van der Waals surface area contributed by atoms with E-state index >= 15 is 0 Å². The Kier molecular flexibility index (Phi) is 5.46. The standard InChI is InChI=1S/C16H17ClFNS/c1-3-19-11(2)16-14(18)5-4-6-15(16)20-13-9-7-12(17)8-10-13/h4-11,19H,3H2,1-2H3. The van der Waals surface area contributed by atoms with E-state index in [2.05, 4.69) is 5.32 Å². The van der Waals surface area contributed by atoms with Crippen molar-refractivity contribution in [3.05, 3.63) is 58.9 Å². The molecule has 0 aliphatic rings. The second kappa shape index (κ2) is 7.11. The largest absolute Gasteiger partial charge is 0.310 e. The van der Waals surface area contributed by atoms with Crippen molar-refractivity contribution in [1.82, 2.24) is 5.32 Å². The fraction of sp³-hybridized carbons (Fsp3) is 0.250. The van der Waals surface area contributed by atoms with E-state index in [4.69, 9.17) is 11.6 Å². The quantitative estimate of drug-likeness (QED) is 0.804. The number of benzene rings is 2. The van der Waals surface area contributed by atoms with Crippen molar-refractivity contribution in [3.8, 4) is 0 Å². The van der Waals surface area contributed by atoms with E-state index in [1.807, 2.05) is 44.2 Å². The molecule has 2 rings (SSSR count). The Hall–Kier alpha value is -1.03. The van der Waals surface area contributed by atoms with Gasteiger partial charge in [0.2, 0.25) is 0 Å². The predicted octanol–water partition coefficient (Wildman–Crippen LogP) is 5.30. The summed E-state index contributed by atoms with van der Waals surface area (Å²) in [5, 5.41) is 3.97. The zero-order valence-electron chi connectivity index (χ0n) is 11.5. The summed E-state index contributed by atoms with van der Waals surface area (Å²) in [4.78, 5) is 1.98. The van der Waals surface area contributed by atoms with E-state index in [1.165, 1.54) is 6.07 Å². The molecule has 0 radical (unpaired) electrons. The molecule has 0 amide bonds. The van der Waals surface area contributed by atoms with Crippen LogP contribution in [0.15, 0.2) is 52.3 Å². The van der Waals surface area contributed by atoms with E-state index in [1.54, 1.807) is 17.8 Å². The lowest BCUT2D eigenvalue weighted by Crippen LogP contribution is -2.19. The van der Waals surface area contributed by atoms with Gasteiger partial charge in [-0.3, -0.25) is 0 Å². The molecular weight excluding hydrogens is 293 g/mol. The van der Waals surface area contributed by atoms with Crippen LogP contribution < -0.4 is 5.32 Å². The molecule has 0 aliphatic carbocycles. The fourth-order valence-electron chi connectivity index (χ4n) is 2.06. The second-order valence-electron chi connectivity index (χ2n) is 4.49. The highest BCUT2D eigenvalue weighted by Crippen LogP contribution is 2.35. The van der Waals surface area contributed by atoms with Crippen LogP contribution in [0.5, 0.6) is 0 Å². The molecule has 0 spiro atoms. The number of nitrogens with one attached hydrogen (secondary N) is 1. The molecule has 4 heteroatoms. The number of halogens is 2. The molecule has 2 aromatic rings. The minimum atomic E-state index is -0.169. The molecule has 0 aromatic heterocycles. The highest BCUT2D eigenvalue weighted by molar-refractivity contribution is 7.99. The number of rotatable bonds is 5. The minimum Gasteiger partial charge on any atom is -0.310 e. The van der Waals surface area contributed by atoms with Gasteiger partial charge in [0, 0.05) is 26.4 Å². The zero-order chi connectivity index (χ0) is 14.5. The Labute approximate surface area is 128 Å². The molecule has 0 saturated carbocycles. The molecule has 0 heterocycles. The van der Waals surface area contributed by atoms with E-state index in [9.17, 15) is 4.39 Å². The molecule has 0 saturated heterocycles. The van der Waals surface area contributed by atoms with Gasteiger partial charge in [0.25, 0.3) is 0 Å². The van der Waals surface area contributed by atoms with Crippen LogP contribution in [-0.4, -0.2) is 6.54 Å². The maximum absolute atomic E-state index is 14.1. The lowest BCUT2D eigenvalue weighted by atomic mass is 10.1. The van der Waals surface area contributed by atoms with Gasteiger partial charge in [0.05, 0.1) is 0 Å². The van der Waals surface area contributed by atoms with Gasteiger partial charge in [0.15, 0.2) is 0 Å². The summed E-state index contributed by atoms with van der Waals surface area (Å²) in [7, 11) is 0. The molecule has 1 unspecified atom stereocenters. The van der Waals surface area contributed by atoms with Crippen molar-refractivity contribution in [3.63, 3.8) is 0 Å². The summed E-state index contributed by atoms with van der Waals surface area (Å²) in [5.74, 6) is -0.169. The summed E-state index contributed by atoms with van der Waals surface area (Å²) >= 11 is 7.44. The van der Waals surface area contributed by atoms with Gasteiger partial charge in [0.1, 0.15) is 5.82 Å². The Morgan fingerprint density at radius 1 is 1.20 bits per heavy atom. The van der Waals surface area contributed by atoms with Crippen molar-refractivity contribution in [1.29, 1.82) is 0 Å². The molecule has 2 aromatic carbocycles. The van der Waals surface area contributed by atoms with Gasteiger partial charge in [-0.1, -0.05) is 36.4 Å². The van der Waals surface area contributed by atoms with Crippen LogP contribution in [0.3, 0.4) is 0 Å². The second-order valence-corrected chi connectivity index (χ2v) is 6.04. The van der Waals surface area contributed by atoms with Crippen molar-refractivity contribution >= 4 is 23.4 Å². The summed E-state index contributed by atoms with van der Waals surface area (Å²) in [6, 6.07) is 12.8. The first-order chi connectivity index (χ1) is 9.61. The molecule has 1 atom stereocenters. The Balaban J connectivity index is 2.31. The lowest BCUT2D eigenvalue weighted by Gasteiger charge is -2.17. The predicted molar refractivity (Wildman–Crippen MR) is 84.1 cm³/mol. The summed E-state index contributed by atoms with van der Waals surface area (Å²) in [6.45, 7) is 4.80. The van der Waals surface area contributed by atoms with E-state index in [0.29, 0.717) is 10.6 Å². The highest BCUT2D eigenvalue weighted by Gasteiger charge is 2.15. The van der Waals surface area contributed by atoms with E-state index < -0.39 is 0 Å². The maximum Gasteiger partial charge on any atom is 0.129 e. The number of hydrogen-bond donors (Lipinski definition) is 1. The Bertz CT molecular complexity index is 571. The van der Waals surface area contributed by atoms with Gasteiger partial charge in [-0.15, -0.1) is 0 Å². The van der Waals surface area contributed by atoms with Crippen LogP contribution in [-0.2, 0) is 0 Å². The van der Waals surface area contributed by atoms with Gasteiger partial charge < -0.3 is 5.32 Å². The van der Waals surface area contributed by atoms with E-state index in [-0.39, 0.29) is 11.9 Å². The summed E-state index contributed by atoms with van der Waals surface area (Å²) in [5.41, 5.74) is 0.717. The van der Waals surface area contributed by atoms with Crippen LogP contribution in [0, 0.1) is 5.82 Å². The van der Waals surface area contributed by atoms with Crippen molar-refractivity contribution in [2.24, 2.45) is 0 Å². The monoisotopic (exact) mass is 309 g/mol. The molecular formula is C16H17ClFNS. The van der Waals surface area contributed by atoms with Crippen LogP contribution in [0.4, 0.5) is 4.39 Å². The van der Waals surface area contributed by atoms with Crippen LogP contribution in [0.25, 0.3) is 0 Å². The smallest absolute Gasteiger partial charge is 0.129 e.